The minimum atomic E-state index is -0.101. The molecule has 0 spiro atoms. The molecule has 1 atom stereocenters. The van der Waals surface area contributed by atoms with E-state index < -0.39 is 0 Å². The zero-order valence-corrected chi connectivity index (χ0v) is 9.14. The molecule has 16 heavy (non-hydrogen) atoms. The minimum Gasteiger partial charge on any atom is -0.329 e. The first-order chi connectivity index (χ1) is 7.83. The molecule has 0 aliphatic heterocycles. The number of benzene rings is 2. The van der Waals surface area contributed by atoms with E-state index in [1.54, 1.807) is 0 Å². The lowest BCUT2D eigenvalue weighted by atomic mass is 9.95. The maximum absolute atomic E-state index is 6.01. The van der Waals surface area contributed by atoms with Gasteiger partial charge in [0.1, 0.15) is 0 Å². The van der Waals surface area contributed by atoms with E-state index in [0.29, 0.717) is 6.54 Å². The molecule has 0 aliphatic carbocycles. The van der Waals surface area contributed by atoms with Crippen molar-refractivity contribution < 1.29 is 0 Å². The van der Waals surface area contributed by atoms with E-state index in [0.717, 1.165) is 5.56 Å². The van der Waals surface area contributed by atoms with Crippen LogP contribution in [0, 0.1) is 0 Å². The lowest BCUT2D eigenvalue weighted by Gasteiger charge is -2.14. The Bertz CT molecular complexity index is 451. The largest absolute Gasteiger partial charge is 0.329 e. The van der Waals surface area contributed by atoms with Crippen molar-refractivity contribution in [3.8, 4) is 11.1 Å². The summed E-state index contributed by atoms with van der Waals surface area (Å²) in [5, 5.41) is 0. The first-order valence-corrected chi connectivity index (χ1v) is 5.43. The van der Waals surface area contributed by atoms with Crippen molar-refractivity contribution in [3.05, 3.63) is 60.2 Å². The summed E-state index contributed by atoms with van der Waals surface area (Å²) in [6.07, 6.45) is 0. The molecule has 4 N–H and O–H groups in total. The highest BCUT2D eigenvalue weighted by Crippen LogP contribution is 2.26. The Morgan fingerprint density at radius 1 is 0.875 bits per heavy atom. The minimum absolute atomic E-state index is 0.101. The fourth-order valence-corrected chi connectivity index (χ4v) is 1.83. The fraction of sp³-hybridized carbons (Fsp3) is 0.143. The molecule has 0 radical (unpaired) electrons. The van der Waals surface area contributed by atoms with Gasteiger partial charge in [0.15, 0.2) is 0 Å². The zero-order valence-electron chi connectivity index (χ0n) is 9.14. The highest BCUT2D eigenvalue weighted by Gasteiger charge is 2.09. The van der Waals surface area contributed by atoms with Gasteiger partial charge in [-0.05, 0) is 16.7 Å². The van der Waals surface area contributed by atoms with Gasteiger partial charge in [-0.1, -0.05) is 54.6 Å². The van der Waals surface area contributed by atoms with E-state index in [1.807, 2.05) is 36.4 Å². The molecule has 0 bridgehead atoms. The summed E-state index contributed by atoms with van der Waals surface area (Å²) < 4.78 is 0. The van der Waals surface area contributed by atoms with Crippen molar-refractivity contribution in [2.45, 2.75) is 6.04 Å². The second kappa shape index (κ2) is 4.92. The van der Waals surface area contributed by atoms with Gasteiger partial charge in [-0.2, -0.15) is 0 Å². The molecule has 0 saturated carbocycles. The standard InChI is InChI=1S/C14H16N2/c15-10-14(16)13-9-5-4-8-12(13)11-6-2-1-3-7-11/h1-9,14H,10,15-16H2/t14-/m1/s1. The summed E-state index contributed by atoms with van der Waals surface area (Å²) in [6.45, 7) is 0.462. The van der Waals surface area contributed by atoms with E-state index in [1.165, 1.54) is 11.1 Å². The number of nitrogens with two attached hydrogens (primary N) is 2. The van der Waals surface area contributed by atoms with E-state index >= 15 is 0 Å². The number of hydrogen-bond acceptors (Lipinski definition) is 2. The molecule has 0 aromatic heterocycles. The molecular weight excluding hydrogens is 196 g/mol. The highest BCUT2D eigenvalue weighted by atomic mass is 14.7. The van der Waals surface area contributed by atoms with Gasteiger partial charge in [-0.15, -0.1) is 0 Å². The van der Waals surface area contributed by atoms with Gasteiger partial charge in [0.05, 0.1) is 0 Å². The van der Waals surface area contributed by atoms with Gasteiger partial charge in [-0.3, -0.25) is 0 Å². The SMILES string of the molecule is NC[C@@H](N)c1ccccc1-c1ccccc1. The normalized spacial score (nSPS) is 12.4. The van der Waals surface area contributed by atoms with Crippen LogP contribution in [0.4, 0.5) is 0 Å². The first kappa shape index (κ1) is 10.9. The molecule has 82 valence electrons. The van der Waals surface area contributed by atoms with Gasteiger partial charge in [-0.25, -0.2) is 0 Å². The molecule has 0 fully saturated rings. The third-order valence-corrected chi connectivity index (χ3v) is 2.70. The van der Waals surface area contributed by atoms with Crippen molar-refractivity contribution in [1.29, 1.82) is 0 Å². The van der Waals surface area contributed by atoms with Gasteiger partial charge in [0.2, 0.25) is 0 Å². The summed E-state index contributed by atoms with van der Waals surface area (Å²) in [5.74, 6) is 0. The van der Waals surface area contributed by atoms with Crippen LogP contribution in [0.3, 0.4) is 0 Å². The van der Waals surface area contributed by atoms with Crippen LogP contribution in [-0.4, -0.2) is 6.54 Å². The van der Waals surface area contributed by atoms with E-state index in [-0.39, 0.29) is 6.04 Å². The Labute approximate surface area is 95.9 Å². The third kappa shape index (κ3) is 2.13. The van der Waals surface area contributed by atoms with Crippen LogP contribution >= 0.6 is 0 Å². The third-order valence-electron chi connectivity index (χ3n) is 2.70. The zero-order chi connectivity index (χ0) is 11.4. The number of hydrogen-bond donors (Lipinski definition) is 2. The lowest BCUT2D eigenvalue weighted by molar-refractivity contribution is 0.739. The molecule has 2 heteroatoms. The summed E-state index contributed by atoms with van der Waals surface area (Å²) in [7, 11) is 0. The maximum Gasteiger partial charge on any atom is 0.0425 e. The quantitative estimate of drug-likeness (QED) is 0.820. The Kier molecular flexibility index (Phi) is 3.34. The van der Waals surface area contributed by atoms with E-state index in [2.05, 4.69) is 18.2 Å². The summed E-state index contributed by atoms with van der Waals surface area (Å²) >= 11 is 0. The van der Waals surface area contributed by atoms with Crippen molar-refractivity contribution in [1.82, 2.24) is 0 Å². The topological polar surface area (TPSA) is 52.0 Å². The molecule has 0 amide bonds. The molecule has 2 aromatic rings. The van der Waals surface area contributed by atoms with Crippen LogP contribution < -0.4 is 11.5 Å². The second-order valence-corrected chi connectivity index (χ2v) is 3.80. The molecule has 2 rings (SSSR count). The Hall–Kier alpha value is -1.64. The van der Waals surface area contributed by atoms with E-state index in [9.17, 15) is 0 Å². The lowest BCUT2D eigenvalue weighted by Crippen LogP contribution is -2.21. The van der Waals surface area contributed by atoms with Crippen LogP contribution in [0.2, 0.25) is 0 Å². The Morgan fingerprint density at radius 3 is 2.19 bits per heavy atom. The summed E-state index contributed by atoms with van der Waals surface area (Å²) in [5.41, 5.74) is 15.1. The molecule has 0 unspecified atom stereocenters. The van der Waals surface area contributed by atoms with Crippen molar-refractivity contribution in [2.75, 3.05) is 6.54 Å². The number of rotatable bonds is 3. The van der Waals surface area contributed by atoms with Gasteiger partial charge in [0.25, 0.3) is 0 Å². The van der Waals surface area contributed by atoms with Crippen LogP contribution in [-0.2, 0) is 0 Å². The van der Waals surface area contributed by atoms with Gasteiger partial charge >= 0.3 is 0 Å². The van der Waals surface area contributed by atoms with Crippen LogP contribution in [0.1, 0.15) is 11.6 Å². The second-order valence-electron chi connectivity index (χ2n) is 3.80. The predicted molar refractivity (Wildman–Crippen MR) is 67.9 cm³/mol. The molecule has 0 saturated heterocycles. The summed E-state index contributed by atoms with van der Waals surface area (Å²) in [6, 6.07) is 18.3. The predicted octanol–water partition coefficient (Wildman–Crippen LogP) is 2.31. The van der Waals surface area contributed by atoms with Crippen LogP contribution in [0.25, 0.3) is 11.1 Å². The molecule has 0 aliphatic rings. The van der Waals surface area contributed by atoms with Gasteiger partial charge in [0, 0.05) is 12.6 Å². The van der Waals surface area contributed by atoms with Crippen molar-refractivity contribution in [3.63, 3.8) is 0 Å². The Balaban J connectivity index is 2.49. The molecule has 2 nitrogen and oxygen atoms in total. The highest BCUT2D eigenvalue weighted by molar-refractivity contribution is 5.67. The monoisotopic (exact) mass is 212 g/mol. The smallest absolute Gasteiger partial charge is 0.0425 e. The summed E-state index contributed by atoms with van der Waals surface area (Å²) in [4.78, 5) is 0. The average molecular weight is 212 g/mol. The Morgan fingerprint density at radius 2 is 1.50 bits per heavy atom. The molecule has 2 aromatic carbocycles. The fourth-order valence-electron chi connectivity index (χ4n) is 1.83. The maximum atomic E-state index is 6.01. The first-order valence-electron chi connectivity index (χ1n) is 5.43. The van der Waals surface area contributed by atoms with Crippen LogP contribution in [0.5, 0.6) is 0 Å². The van der Waals surface area contributed by atoms with Crippen LogP contribution in [0.15, 0.2) is 54.6 Å². The molecular formula is C14H16N2. The van der Waals surface area contributed by atoms with Gasteiger partial charge < -0.3 is 11.5 Å². The van der Waals surface area contributed by atoms with Crippen molar-refractivity contribution in [2.24, 2.45) is 11.5 Å². The van der Waals surface area contributed by atoms with E-state index in [4.69, 9.17) is 11.5 Å². The van der Waals surface area contributed by atoms with Crippen molar-refractivity contribution >= 4 is 0 Å². The average Bonchev–Trinajstić information content (AvgIpc) is 2.39. The molecule has 0 heterocycles.